The maximum Gasteiger partial charge on any atom is 0.193 e. The number of thiazole rings is 1. The number of alkyl halides is 1. The highest BCUT2D eigenvalue weighted by Gasteiger charge is 2.07. The number of benzene rings is 1. The van der Waals surface area contributed by atoms with E-state index in [9.17, 15) is 0 Å². The average molecular weight is 353 g/mol. The van der Waals surface area contributed by atoms with E-state index in [2.05, 4.69) is 20.9 Å². The van der Waals surface area contributed by atoms with Crippen molar-refractivity contribution in [1.82, 2.24) is 9.38 Å². The van der Waals surface area contributed by atoms with Gasteiger partial charge in [0.2, 0.25) is 0 Å². The van der Waals surface area contributed by atoms with Crippen molar-refractivity contribution in [1.29, 1.82) is 0 Å². The van der Waals surface area contributed by atoms with E-state index < -0.39 is 0 Å². The first-order valence-electron chi connectivity index (χ1n) is 6.07. The third-order valence-corrected chi connectivity index (χ3v) is 4.31. The van der Waals surface area contributed by atoms with Crippen LogP contribution in [0.5, 0.6) is 11.5 Å². The molecular weight excluding hydrogens is 340 g/mol. The van der Waals surface area contributed by atoms with Crippen molar-refractivity contribution in [2.45, 2.75) is 11.9 Å². The van der Waals surface area contributed by atoms with E-state index in [4.69, 9.17) is 9.47 Å². The highest BCUT2D eigenvalue weighted by Crippen LogP contribution is 2.27. The number of imidazole rings is 1. The average Bonchev–Trinajstić information content (AvgIpc) is 3.05. The van der Waals surface area contributed by atoms with Crippen LogP contribution in [0.3, 0.4) is 0 Å². The fraction of sp³-hybridized carbons (Fsp3) is 0.214. The zero-order valence-corrected chi connectivity index (χ0v) is 13.3. The molecule has 3 aromatic rings. The van der Waals surface area contributed by atoms with Gasteiger partial charge >= 0.3 is 0 Å². The molecule has 2 aromatic heterocycles. The van der Waals surface area contributed by atoms with Gasteiger partial charge in [0.25, 0.3) is 0 Å². The van der Waals surface area contributed by atoms with Gasteiger partial charge in [0.15, 0.2) is 4.96 Å². The summed E-state index contributed by atoms with van der Waals surface area (Å²) < 4.78 is 13.1. The molecule has 3 rings (SSSR count). The molecule has 0 atom stereocenters. The number of ether oxygens (including phenoxy) is 2. The van der Waals surface area contributed by atoms with Crippen LogP contribution in [0.15, 0.2) is 36.0 Å². The summed E-state index contributed by atoms with van der Waals surface area (Å²) in [4.78, 5) is 5.48. The highest BCUT2D eigenvalue weighted by atomic mass is 79.9. The van der Waals surface area contributed by atoms with Crippen LogP contribution in [0.25, 0.3) is 4.96 Å². The van der Waals surface area contributed by atoms with E-state index in [0.29, 0.717) is 6.61 Å². The van der Waals surface area contributed by atoms with Crippen LogP contribution in [-0.4, -0.2) is 16.5 Å². The summed E-state index contributed by atoms with van der Waals surface area (Å²) >= 11 is 5.08. The molecule has 0 radical (unpaired) electrons. The predicted molar refractivity (Wildman–Crippen MR) is 83.0 cm³/mol. The van der Waals surface area contributed by atoms with Gasteiger partial charge in [0.05, 0.1) is 12.8 Å². The van der Waals surface area contributed by atoms with Gasteiger partial charge in [0, 0.05) is 28.7 Å². The van der Waals surface area contributed by atoms with Crippen molar-refractivity contribution >= 4 is 32.2 Å². The minimum absolute atomic E-state index is 0.459. The monoisotopic (exact) mass is 352 g/mol. The van der Waals surface area contributed by atoms with E-state index in [-0.39, 0.29) is 0 Å². The molecule has 0 spiro atoms. The lowest BCUT2D eigenvalue weighted by Crippen LogP contribution is -1.98. The number of aromatic nitrogens is 2. The molecule has 0 aliphatic rings. The minimum atomic E-state index is 0.459. The molecule has 2 heterocycles. The Kier molecular flexibility index (Phi) is 3.93. The molecule has 0 N–H and O–H groups in total. The van der Waals surface area contributed by atoms with Crippen molar-refractivity contribution in [3.8, 4) is 11.5 Å². The maximum atomic E-state index is 5.86. The molecule has 0 amide bonds. The molecule has 6 heteroatoms. The van der Waals surface area contributed by atoms with Crippen molar-refractivity contribution in [2.75, 3.05) is 7.11 Å². The van der Waals surface area contributed by atoms with Gasteiger partial charge in [-0.3, -0.25) is 4.40 Å². The molecule has 4 nitrogen and oxygen atoms in total. The highest BCUT2D eigenvalue weighted by molar-refractivity contribution is 9.08. The van der Waals surface area contributed by atoms with Gasteiger partial charge in [-0.15, -0.1) is 11.3 Å². The van der Waals surface area contributed by atoms with Crippen LogP contribution in [-0.2, 0) is 11.9 Å². The van der Waals surface area contributed by atoms with Gasteiger partial charge in [-0.1, -0.05) is 15.9 Å². The van der Waals surface area contributed by atoms with Gasteiger partial charge in [0.1, 0.15) is 18.1 Å². The van der Waals surface area contributed by atoms with Gasteiger partial charge < -0.3 is 9.47 Å². The zero-order valence-electron chi connectivity index (χ0n) is 10.9. The molecule has 0 bridgehead atoms. The van der Waals surface area contributed by atoms with Crippen LogP contribution in [0, 0.1) is 0 Å². The second kappa shape index (κ2) is 5.85. The van der Waals surface area contributed by atoms with Crippen molar-refractivity contribution in [2.24, 2.45) is 0 Å². The molecule has 0 unspecified atom stereocenters. The second-order valence-corrected chi connectivity index (χ2v) is 5.65. The van der Waals surface area contributed by atoms with Crippen LogP contribution in [0.1, 0.15) is 11.3 Å². The molecule has 1 aromatic carbocycles. The number of fused-ring (bicyclic) bond motifs is 1. The summed E-state index contributed by atoms with van der Waals surface area (Å²) in [5.41, 5.74) is 1.98. The summed E-state index contributed by atoms with van der Waals surface area (Å²) in [5, 5.41) is 2.73. The molecule has 0 fully saturated rings. The van der Waals surface area contributed by atoms with Crippen LogP contribution < -0.4 is 9.47 Å². The Hall–Kier alpha value is -1.53. The number of hydrogen-bond donors (Lipinski definition) is 0. The molecule has 0 saturated heterocycles. The molecular formula is C14H13BrN2O2S. The number of rotatable bonds is 5. The van der Waals surface area contributed by atoms with Crippen molar-refractivity contribution in [3.63, 3.8) is 0 Å². The predicted octanol–water partition coefficient (Wildman–Crippen LogP) is 3.88. The smallest absolute Gasteiger partial charge is 0.193 e. The summed E-state index contributed by atoms with van der Waals surface area (Å²) in [7, 11) is 1.66. The first-order valence-corrected chi connectivity index (χ1v) is 8.07. The Labute approximate surface area is 129 Å². The fourth-order valence-corrected chi connectivity index (χ4v) is 3.08. The Morgan fingerprint density at radius 1 is 1.40 bits per heavy atom. The first-order chi connectivity index (χ1) is 9.80. The summed E-state index contributed by atoms with van der Waals surface area (Å²) in [6, 6.07) is 5.79. The molecule has 0 saturated carbocycles. The summed E-state index contributed by atoms with van der Waals surface area (Å²) in [6.07, 6.45) is 3.98. The third-order valence-electron chi connectivity index (χ3n) is 2.93. The number of nitrogens with zero attached hydrogens (tertiary/aromatic N) is 2. The Bertz CT molecular complexity index is 694. The van der Waals surface area contributed by atoms with Gasteiger partial charge in [-0.05, 0) is 18.2 Å². The normalized spacial score (nSPS) is 10.9. The largest absolute Gasteiger partial charge is 0.497 e. The standard InChI is InChI=1S/C14H13BrN2O2S/c1-18-12-2-3-13(10(6-12)7-15)19-9-11-8-17-4-5-20-14(17)16-11/h2-6,8H,7,9H2,1H3. The first kappa shape index (κ1) is 13.5. The Morgan fingerprint density at radius 2 is 2.30 bits per heavy atom. The van der Waals surface area contributed by atoms with E-state index >= 15 is 0 Å². The Morgan fingerprint density at radius 3 is 3.05 bits per heavy atom. The van der Waals surface area contributed by atoms with E-state index in [1.807, 2.05) is 40.4 Å². The lowest BCUT2D eigenvalue weighted by molar-refractivity contribution is 0.299. The van der Waals surface area contributed by atoms with E-state index in [1.54, 1.807) is 18.4 Å². The molecule has 0 aliphatic carbocycles. The quantitative estimate of drug-likeness (QED) is 0.653. The van der Waals surface area contributed by atoms with Crippen molar-refractivity contribution < 1.29 is 9.47 Å². The lowest BCUT2D eigenvalue weighted by Gasteiger charge is -2.10. The number of halogens is 1. The van der Waals surface area contributed by atoms with Crippen LogP contribution in [0.2, 0.25) is 0 Å². The van der Waals surface area contributed by atoms with Gasteiger partial charge in [-0.2, -0.15) is 0 Å². The molecule has 104 valence electrons. The van der Waals surface area contributed by atoms with E-state index in [0.717, 1.165) is 33.0 Å². The second-order valence-electron chi connectivity index (χ2n) is 4.22. The number of methoxy groups -OCH3 is 1. The van der Waals surface area contributed by atoms with Gasteiger partial charge in [-0.25, -0.2) is 4.98 Å². The molecule has 0 aliphatic heterocycles. The zero-order chi connectivity index (χ0) is 13.9. The maximum absolute atomic E-state index is 5.86. The van der Waals surface area contributed by atoms with E-state index in [1.165, 1.54) is 0 Å². The fourth-order valence-electron chi connectivity index (χ4n) is 1.93. The lowest BCUT2D eigenvalue weighted by atomic mass is 10.2. The van der Waals surface area contributed by atoms with Crippen molar-refractivity contribution in [3.05, 3.63) is 47.2 Å². The molecule has 20 heavy (non-hydrogen) atoms. The number of hydrogen-bond acceptors (Lipinski definition) is 4. The summed E-state index contributed by atoms with van der Waals surface area (Å²) in [5.74, 6) is 1.67. The minimum Gasteiger partial charge on any atom is -0.497 e. The Balaban J connectivity index is 1.75. The topological polar surface area (TPSA) is 35.8 Å². The SMILES string of the molecule is COc1ccc(OCc2cn3ccsc3n2)c(CBr)c1. The summed E-state index contributed by atoms with van der Waals surface area (Å²) in [6.45, 7) is 0.459. The van der Waals surface area contributed by atoms with Crippen LogP contribution in [0.4, 0.5) is 0 Å². The third kappa shape index (κ3) is 2.66. The van der Waals surface area contributed by atoms with Crippen LogP contribution >= 0.6 is 27.3 Å².